The van der Waals surface area contributed by atoms with E-state index in [9.17, 15) is 14.7 Å². The number of carbonyl (C=O) groups excluding carboxylic acids is 2. The van der Waals surface area contributed by atoms with Crippen molar-refractivity contribution in [2.45, 2.75) is 43.8 Å². The maximum atomic E-state index is 12.0. The van der Waals surface area contributed by atoms with E-state index in [2.05, 4.69) is 30.0 Å². The zero-order chi connectivity index (χ0) is 26.4. The number of carbonyl (C=O) groups is 2. The second-order valence-corrected chi connectivity index (χ2v) is 10.8. The van der Waals surface area contributed by atoms with Gasteiger partial charge in [0.05, 0.1) is 18.8 Å². The molecule has 0 unspecified atom stereocenters. The highest BCUT2D eigenvalue weighted by atomic mass is 32.1. The number of piperidine rings is 1. The van der Waals surface area contributed by atoms with Gasteiger partial charge in [-0.15, -0.1) is 11.3 Å². The highest BCUT2D eigenvalue weighted by Gasteiger charge is 2.58. The van der Waals surface area contributed by atoms with Gasteiger partial charge in [-0.25, -0.2) is 9.59 Å². The van der Waals surface area contributed by atoms with Gasteiger partial charge in [-0.3, -0.25) is 4.90 Å². The van der Waals surface area contributed by atoms with Crippen LogP contribution in [0.4, 0.5) is 0 Å². The second-order valence-electron chi connectivity index (χ2n) is 9.71. The fourth-order valence-electron chi connectivity index (χ4n) is 5.26. The molecule has 2 saturated heterocycles. The van der Waals surface area contributed by atoms with Gasteiger partial charge in [-0.1, -0.05) is 6.07 Å². The summed E-state index contributed by atoms with van der Waals surface area (Å²) in [6, 6.07) is 15.2. The Kier molecular flexibility index (Phi) is 6.25. The van der Waals surface area contributed by atoms with Crippen LogP contribution in [0.5, 0.6) is 11.5 Å². The number of hydrogen-bond donors (Lipinski definition) is 1. The Morgan fingerprint density at radius 1 is 1.16 bits per heavy atom. The average molecular weight is 538 g/mol. The standard InChI is InChI=1S/C28H27NO8S/c1-16-12-18(23-13-17-6-7-19(33-2)14-24(17)38-23)8-10-29(16)15-25(30)28(36-26(31)27(32)37-28)35-22-5-3-4-21-20(22)9-11-34-21/h3-7,9,11,13-14,16,18,25,30H,8,10,12,15H2,1-2H3/t16-,18+,25-/m0/s1. The van der Waals surface area contributed by atoms with Gasteiger partial charge in [0.1, 0.15) is 17.1 Å². The number of furan rings is 1. The first kappa shape index (κ1) is 24.7. The van der Waals surface area contributed by atoms with Crippen LogP contribution < -0.4 is 9.47 Å². The number of methoxy groups -OCH3 is 1. The molecule has 10 heteroatoms. The summed E-state index contributed by atoms with van der Waals surface area (Å²) in [5.74, 6) is -3.23. The van der Waals surface area contributed by atoms with Crippen LogP contribution in [0, 0.1) is 0 Å². The molecule has 2 aliphatic rings. The number of fused-ring (bicyclic) bond motifs is 2. The van der Waals surface area contributed by atoms with Crippen LogP contribution >= 0.6 is 11.3 Å². The molecule has 2 aliphatic heterocycles. The topological polar surface area (TPSA) is 108 Å². The molecule has 2 fully saturated rings. The van der Waals surface area contributed by atoms with Gasteiger partial charge in [0, 0.05) is 22.2 Å². The molecule has 4 aromatic rings. The van der Waals surface area contributed by atoms with Crippen LogP contribution in [0.15, 0.2) is 59.2 Å². The Hall–Kier alpha value is -3.60. The van der Waals surface area contributed by atoms with Crippen molar-refractivity contribution in [1.29, 1.82) is 0 Å². The number of rotatable bonds is 7. The average Bonchev–Trinajstić information content (AvgIpc) is 3.63. The number of esters is 2. The molecule has 2 aromatic heterocycles. The van der Waals surface area contributed by atoms with Crippen molar-refractivity contribution in [2.24, 2.45) is 0 Å². The molecule has 0 saturated carbocycles. The number of thiophene rings is 1. The van der Waals surface area contributed by atoms with Gasteiger partial charge in [-0.2, -0.15) is 0 Å². The molecule has 0 radical (unpaired) electrons. The largest absolute Gasteiger partial charge is 0.497 e. The van der Waals surface area contributed by atoms with E-state index in [1.165, 1.54) is 21.2 Å². The highest BCUT2D eigenvalue weighted by Crippen LogP contribution is 2.40. The van der Waals surface area contributed by atoms with Crippen molar-refractivity contribution in [1.82, 2.24) is 4.90 Å². The number of hydrogen-bond acceptors (Lipinski definition) is 10. The molecule has 4 heterocycles. The van der Waals surface area contributed by atoms with E-state index in [4.69, 9.17) is 23.4 Å². The maximum absolute atomic E-state index is 12.0. The van der Waals surface area contributed by atoms with Crippen molar-refractivity contribution >= 4 is 44.3 Å². The SMILES string of the molecule is COc1ccc2cc([C@@H]3CCN(C[C@H](O)C4(Oc5cccc6occc56)OC(=O)C(=O)O4)[C@@H](C)C3)sc2c1. The molecule has 0 aliphatic carbocycles. The minimum atomic E-state index is -2.29. The first-order valence-electron chi connectivity index (χ1n) is 12.5. The summed E-state index contributed by atoms with van der Waals surface area (Å²) in [5.41, 5.74) is 0.540. The molecule has 0 amide bonds. The lowest BCUT2D eigenvalue weighted by molar-refractivity contribution is -0.319. The molecule has 6 rings (SSSR count). The lowest BCUT2D eigenvalue weighted by Crippen LogP contribution is -2.56. The predicted octanol–water partition coefficient (Wildman–Crippen LogP) is 4.42. The van der Waals surface area contributed by atoms with E-state index in [-0.39, 0.29) is 18.3 Å². The Balaban J connectivity index is 1.18. The second kappa shape index (κ2) is 9.61. The third kappa shape index (κ3) is 4.38. The van der Waals surface area contributed by atoms with Gasteiger partial charge in [-0.05, 0) is 80.1 Å². The number of aliphatic hydroxyl groups excluding tert-OH is 1. The monoisotopic (exact) mass is 537 g/mol. The molecule has 0 spiro atoms. The number of likely N-dealkylation sites (tertiary alicyclic amines) is 1. The Bertz CT molecular complexity index is 1490. The number of β-amino-alcohol motifs (C(OH)–C–C–N with tert-alkyl or cyclic N) is 1. The van der Waals surface area contributed by atoms with E-state index < -0.39 is 24.0 Å². The van der Waals surface area contributed by atoms with Gasteiger partial charge in [0.15, 0.2) is 6.10 Å². The summed E-state index contributed by atoms with van der Waals surface area (Å²) in [7, 11) is 1.67. The Morgan fingerprint density at radius 2 is 1.97 bits per heavy atom. The van der Waals surface area contributed by atoms with E-state index in [0.29, 0.717) is 23.4 Å². The van der Waals surface area contributed by atoms with E-state index >= 15 is 0 Å². The van der Waals surface area contributed by atoms with Crippen molar-refractivity contribution in [3.05, 3.63) is 59.7 Å². The number of cyclic esters (lactones) is 2. The lowest BCUT2D eigenvalue weighted by Gasteiger charge is -2.40. The highest BCUT2D eigenvalue weighted by molar-refractivity contribution is 7.19. The van der Waals surface area contributed by atoms with Gasteiger partial charge < -0.3 is 28.5 Å². The van der Waals surface area contributed by atoms with E-state index in [1.807, 2.05) is 6.07 Å². The molecule has 3 atom stereocenters. The van der Waals surface area contributed by atoms with Crippen molar-refractivity contribution in [3.63, 3.8) is 0 Å². The Morgan fingerprint density at radius 3 is 2.74 bits per heavy atom. The van der Waals surface area contributed by atoms with E-state index in [0.717, 1.165) is 18.6 Å². The van der Waals surface area contributed by atoms with Gasteiger partial charge >= 0.3 is 17.9 Å². The van der Waals surface area contributed by atoms with Crippen molar-refractivity contribution < 1.29 is 38.1 Å². The Labute approximate surface area is 222 Å². The summed E-state index contributed by atoms with van der Waals surface area (Å²) >= 11 is 1.78. The normalized spacial score (nSPS) is 22.4. The zero-order valence-corrected chi connectivity index (χ0v) is 21.7. The lowest BCUT2D eigenvalue weighted by atomic mass is 9.90. The molecular weight excluding hydrogens is 510 g/mol. The fraction of sp³-hybridized carbons (Fsp3) is 0.357. The molecule has 38 heavy (non-hydrogen) atoms. The van der Waals surface area contributed by atoms with Crippen LogP contribution in [-0.2, 0) is 19.1 Å². The van der Waals surface area contributed by atoms with Crippen LogP contribution in [0.1, 0.15) is 30.6 Å². The third-order valence-corrected chi connectivity index (χ3v) is 8.58. The number of nitrogens with zero attached hydrogens (tertiary/aromatic N) is 1. The summed E-state index contributed by atoms with van der Waals surface area (Å²) in [6.45, 7) is 2.89. The third-order valence-electron chi connectivity index (χ3n) is 7.32. The predicted molar refractivity (Wildman–Crippen MR) is 139 cm³/mol. The maximum Gasteiger partial charge on any atom is 0.451 e. The molecule has 1 N–H and O–H groups in total. The molecule has 0 bridgehead atoms. The number of benzene rings is 2. The summed E-state index contributed by atoms with van der Waals surface area (Å²) in [5, 5.41) is 13.1. The van der Waals surface area contributed by atoms with Crippen molar-refractivity contribution in [2.75, 3.05) is 20.2 Å². The van der Waals surface area contributed by atoms with Crippen LogP contribution in [0.2, 0.25) is 0 Å². The molecule has 198 valence electrons. The first-order chi connectivity index (χ1) is 18.3. The van der Waals surface area contributed by atoms with E-state index in [1.54, 1.807) is 42.7 Å². The first-order valence-corrected chi connectivity index (χ1v) is 13.3. The fourth-order valence-corrected chi connectivity index (χ4v) is 6.50. The van der Waals surface area contributed by atoms with Crippen molar-refractivity contribution in [3.8, 4) is 11.5 Å². The van der Waals surface area contributed by atoms with Crippen LogP contribution in [0.25, 0.3) is 21.1 Å². The zero-order valence-electron chi connectivity index (χ0n) is 20.9. The summed E-state index contributed by atoms with van der Waals surface area (Å²) < 4.78 is 28.3. The van der Waals surface area contributed by atoms with Gasteiger partial charge in [0.2, 0.25) is 0 Å². The molecular formula is C28H27NO8S. The minimum absolute atomic E-state index is 0.0828. The number of ether oxygens (including phenoxy) is 4. The quantitative estimate of drug-likeness (QED) is 0.271. The van der Waals surface area contributed by atoms with Crippen LogP contribution in [-0.4, -0.2) is 60.3 Å². The molecule has 2 aromatic carbocycles. The minimum Gasteiger partial charge on any atom is -0.497 e. The smallest absolute Gasteiger partial charge is 0.451 e. The molecule has 9 nitrogen and oxygen atoms in total. The summed E-state index contributed by atoms with van der Waals surface area (Å²) in [4.78, 5) is 27.5. The summed E-state index contributed by atoms with van der Waals surface area (Å²) in [6.07, 6.45) is 1.82. The van der Waals surface area contributed by atoms with Crippen LogP contribution in [0.3, 0.4) is 0 Å². The van der Waals surface area contributed by atoms with Gasteiger partial charge in [0.25, 0.3) is 0 Å². The number of aliphatic hydroxyl groups is 1.